The molecule has 4 heteroatoms. The average Bonchev–Trinajstić information content (AvgIpc) is 2.52. The molecule has 0 radical (unpaired) electrons. The minimum absolute atomic E-state index is 0. The highest BCUT2D eigenvalue weighted by atomic mass is 79.9. The summed E-state index contributed by atoms with van der Waals surface area (Å²) >= 11 is 0. The number of aromatic nitrogens is 2. The number of hydrogen-bond donors (Lipinski definition) is 1. The summed E-state index contributed by atoms with van der Waals surface area (Å²) in [6.45, 7) is 5.77. The van der Waals surface area contributed by atoms with E-state index in [4.69, 9.17) is 0 Å². The second-order valence-corrected chi connectivity index (χ2v) is 3.00. The molecule has 0 unspecified atom stereocenters. The largest absolute Gasteiger partial charge is 1.00 e. The highest BCUT2D eigenvalue weighted by Gasteiger charge is 2.06. The predicted octanol–water partition coefficient (Wildman–Crippen LogP) is -2.43. The molecule has 13 heavy (non-hydrogen) atoms. The summed E-state index contributed by atoms with van der Waals surface area (Å²) in [6.07, 6.45) is 6.61. The van der Waals surface area contributed by atoms with Gasteiger partial charge in [0.15, 0.2) is 0 Å². The van der Waals surface area contributed by atoms with E-state index in [2.05, 4.69) is 11.5 Å². The van der Waals surface area contributed by atoms with Crippen molar-refractivity contribution in [2.75, 3.05) is 0 Å². The van der Waals surface area contributed by atoms with Crippen LogP contribution < -0.4 is 21.5 Å². The maximum Gasteiger partial charge on any atom is 0.243 e. The van der Waals surface area contributed by atoms with E-state index >= 15 is 0 Å². The molecule has 76 valence electrons. The Bertz CT molecular complexity index is 237. The molecule has 1 N–H and O–H groups in total. The summed E-state index contributed by atoms with van der Waals surface area (Å²) in [5.74, 6) is 0. The maximum absolute atomic E-state index is 9.36. The fourth-order valence-corrected chi connectivity index (χ4v) is 1.11. The summed E-state index contributed by atoms with van der Waals surface area (Å²) < 4.78 is 4.10. The molecule has 0 bridgehead atoms. The lowest BCUT2D eigenvalue weighted by molar-refractivity contribution is -0.703. The molecule has 1 aromatic heterocycles. The standard InChI is InChI=1S/C9H17N2O.BrH/c1-3-9(12)7-11-6-5-10(4-2)8-11;/h5-6,8-9,12H,3-4,7H2,1-2H3;1H/q+1;/p-1/t9-;/m0./s1. The van der Waals surface area contributed by atoms with Crippen molar-refractivity contribution in [2.24, 2.45) is 0 Å². The Morgan fingerprint density at radius 1 is 1.46 bits per heavy atom. The molecular weight excluding hydrogens is 232 g/mol. The van der Waals surface area contributed by atoms with Crippen LogP contribution in [-0.2, 0) is 13.1 Å². The van der Waals surface area contributed by atoms with E-state index in [-0.39, 0.29) is 23.1 Å². The van der Waals surface area contributed by atoms with Gasteiger partial charge >= 0.3 is 0 Å². The van der Waals surface area contributed by atoms with Gasteiger partial charge in [0.25, 0.3) is 0 Å². The highest BCUT2D eigenvalue weighted by molar-refractivity contribution is 4.65. The van der Waals surface area contributed by atoms with E-state index in [1.807, 2.05) is 30.2 Å². The highest BCUT2D eigenvalue weighted by Crippen LogP contribution is 1.90. The molecule has 1 rings (SSSR count). The number of hydrogen-bond acceptors (Lipinski definition) is 1. The van der Waals surface area contributed by atoms with Gasteiger partial charge in [-0.3, -0.25) is 0 Å². The predicted molar refractivity (Wildman–Crippen MR) is 46.6 cm³/mol. The topological polar surface area (TPSA) is 29.0 Å². The molecule has 0 aliphatic heterocycles. The first kappa shape index (κ1) is 12.7. The SMILES string of the molecule is CC[C@H](O)C[n+]1ccn(CC)c1.[Br-]. The minimum atomic E-state index is -0.220. The number of imidazole rings is 1. The van der Waals surface area contributed by atoms with Crippen LogP contribution in [0.4, 0.5) is 0 Å². The van der Waals surface area contributed by atoms with E-state index < -0.39 is 0 Å². The zero-order valence-corrected chi connectivity index (χ0v) is 9.74. The lowest BCUT2D eigenvalue weighted by atomic mass is 10.3. The number of halogens is 1. The fraction of sp³-hybridized carbons (Fsp3) is 0.667. The van der Waals surface area contributed by atoms with Gasteiger partial charge in [-0.2, -0.15) is 0 Å². The fourth-order valence-electron chi connectivity index (χ4n) is 1.11. The zero-order chi connectivity index (χ0) is 8.97. The van der Waals surface area contributed by atoms with Crippen LogP contribution in [0.3, 0.4) is 0 Å². The number of aliphatic hydroxyl groups excluding tert-OH is 1. The first-order valence-electron chi connectivity index (χ1n) is 4.49. The second kappa shape index (κ2) is 6.16. The van der Waals surface area contributed by atoms with Gasteiger partial charge in [-0.15, -0.1) is 0 Å². The van der Waals surface area contributed by atoms with Crippen molar-refractivity contribution in [3.05, 3.63) is 18.7 Å². The lowest BCUT2D eigenvalue weighted by Crippen LogP contribution is -3.00. The first-order chi connectivity index (χ1) is 5.76. The molecule has 0 amide bonds. The zero-order valence-electron chi connectivity index (χ0n) is 8.15. The average molecular weight is 249 g/mol. The molecule has 0 aliphatic rings. The summed E-state index contributed by atoms with van der Waals surface area (Å²) in [7, 11) is 0. The van der Waals surface area contributed by atoms with Crippen LogP contribution >= 0.6 is 0 Å². The normalized spacial score (nSPS) is 12.2. The van der Waals surface area contributed by atoms with Crippen molar-refractivity contribution in [1.82, 2.24) is 4.57 Å². The Morgan fingerprint density at radius 2 is 2.15 bits per heavy atom. The molecule has 0 saturated carbocycles. The van der Waals surface area contributed by atoms with Gasteiger partial charge in [-0.05, 0) is 13.3 Å². The summed E-state index contributed by atoms with van der Waals surface area (Å²) in [6, 6.07) is 0. The Balaban J connectivity index is 0.00000144. The van der Waals surface area contributed by atoms with Crippen molar-refractivity contribution in [2.45, 2.75) is 39.5 Å². The third-order valence-corrected chi connectivity index (χ3v) is 2.00. The van der Waals surface area contributed by atoms with Crippen LogP contribution in [0.25, 0.3) is 0 Å². The second-order valence-electron chi connectivity index (χ2n) is 3.00. The molecule has 0 aromatic carbocycles. The third kappa shape index (κ3) is 3.91. The molecule has 3 nitrogen and oxygen atoms in total. The van der Waals surface area contributed by atoms with Crippen molar-refractivity contribution in [3.63, 3.8) is 0 Å². The molecule has 0 fully saturated rings. The van der Waals surface area contributed by atoms with Crippen LogP contribution in [0.15, 0.2) is 18.7 Å². The molecular formula is C9H17BrN2O. The van der Waals surface area contributed by atoms with Crippen molar-refractivity contribution >= 4 is 0 Å². The molecule has 1 heterocycles. The number of aryl methyl sites for hydroxylation is 1. The Hall–Kier alpha value is -0.350. The number of nitrogens with zero attached hydrogens (tertiary/aromatic N) is 2. The Labute approximate surface area is 89.8 Å². The van der Waals surface area contributed by atoms with Crippen LogP contribution in [0, 0.1) is 0 Å². The van der Waals surface area contributed by atoms with Gasteiger partial charge in [0.05, 0.1) is 12.6 Å². The molecule has 1 aromatic rings. The van der Waals surface area contributed by atoms with Crippen LogP contribution in [0.5, 0.6) is 0 Å². The molecule has 0 aliphatic carbocycles. The van der Waals surface area contributed by atoms with E-state index in [9.17, 15) is 5.11 Å². The monoisotopic (exact) mass is 248 g/mol. The quantitative estimate of drug-likeness (QED) is 0.591. The first-order valence-corrected chi connectivity index (χ1v) is 4.49. The van der Waals surface area contributed by atoms with E-state index in [0.29, 0.717) is 6.54 Å². The number of rotatable bonds is 4. The van der Waals surface area contributed by atoms with E-state index in [0.717, 1.165) is 13.0 Å². The summed E-state index contributed by atoms with van der Waals surface area (Å²) in [4.78, 5) is 0. The van der Waals surface area contributed by atoms with Gasteiger partial charge in [0.1, 0.15) is 18.9 Å². The van der Waals surface area contributed by atoms with Gasteiger partial charge < -0.3 is 22.1 Å². The van der Waals surface area contributed by atoms with Crippen molar-refractivity contribution in [1.29, 1.82) is 0 Å². The summed E-state index contributed by atoms with van der Waals surface area (Å²) in [5, 5.41) is 9.36. The van der Waals surface area contributed by atoms with Crippen LogP contribution in [0.2, 0.25) is 0 Å². The van der Waals surface area contributed by atoms with Gasteiger partial charge in [0.2, 0.25) is 6.33 Å². The summed E-state index contributed by atoms with van der Waals surface area (Å²) in [5.41, 5.74) is 0. The lowest BCUT2D eigenvalue weighted by Gasteiger charge is -2.02. The third-order valence-electron chi connectivity index (χ3n) is 2.00. The smallest absolute Gasteiger partial charge is 0.243 e. The van der Waals surface area contributed by atoms with Gasteiger partial charge in [0, 0.05) is 0 Å². The van der Waals surface area contributed by atoms with Gasteiger partial charge in [-0.1, -0.05) is 6.92 Å². The number of aliphatic hydroxyl groups is 1. The minimum Gasteiger partial charge on any atom is -1.00 e. The van der Waals surface area contributed by atoms with E-state index in [1.54, 1.807) is 0 Å². The molecule has 1 atom stereocenters. The van der Waals surface area contributed by atoms with E-state index in [1.165, 1.54) is 0 Å². The molecule has 0 saturated heterocycles. The Morgan fingerprint density at radius 3 is 2.62 bits per heavy atom. The van der Waals surface area contributed by atoms with Crippen molar-refractivity contribution in [3.8, 4) is 0 Å². The van der Waals surface area contributed by atoms with Gasteiger partial charge in [-0.25, -0.2) is 9.13 Å². The van der Waals surface area contributed by atoms with Crippen LogP contribution in [-0.4, -0.2) is 15.8 Å². The van der Waals surface area contributed by atoms with Crippen LogP contribution in [0.1, 0.15) is 20.3 Å². The van der Waals surface area contributed by atoms with Crippen molar-refractivity contribution < 1.29 is 26.7 Å². The molecule has 0 spiro atoms. The maximum atomic E-state index is 9.36. The Kier molecular flexibility index (Phi) is 5.99.